The summed E-state index contributed by atoms with van der Waals surface area (Å²) in [6, 6.07) is 14.7. The standard InChI is InChI=1S/C22H27N5OS/c1-17-9-11-26(12-10-17)21(18-6-3-2-4-7-18)14-23-22(28)20-16-27(25-24-20)15-19-8-5-13-29-19/h2-8,13,16-17,21H,9-12,14-15H2,1H3,(H,23,28). The van der Waals surface area contributed by atoms with Crippen LogP contribution in [0, 0.1) is 5.92 Å². The number of amides is 1. The lowest BCUT2D eigenvalue weighted by atomic mass is 9.95. The van der Waals surface area contributed by atoms with Crippen LogP contribution in [-0.2, 0) is 6.54 Å². The van der Waals surface area contributed by atoms with Crippen LogP contribution in [0.3, 0.4) is 0 Å². The van der Waals surface area contributed by atoms with Gasteiger partial charge in [-0.1, -0.05) is 48.5 Å². The molecule has 3 aromatic rings. The Bertz CT molecular complexity index is 900. The molecule has 6 nitrogen and oxygen atoms in total. The van der Waals surface area contributed by atoms with Crippen LogP contribution in [0.25, 0.3) is 0 Å². The summed E-state index contributed by atoms with van der Waals surface area (Å²) in [6.45, 7) is 5.64. The van der Waals surface area contributed by atoms with Crippen molar-refractivity contribution in [2.24, 2.45) is 5.92 Å². The van der Waals surface area contributed by atoms with Crippen LogP contribution < -0.4 is 5.32 Å². The van der Waals surface area contributed by atoms with Crippen LogP contribution in [0.5, 0.6) is 0 Å². The Labute approximate surface area is 175 Å². The van der Waals surface area contributed by atoms with Gasteiger partial charge in [0, 0.05) is 11.4 Å². The largest absolute Gasteiger partial charge is 0.349 e. The Kier molecular flexibility index (Phi) is 6.36. The number of piperidine rings is 1. The first-order chi connectivity index (χ1) is 14.2. The molecule has 1 unspecified atom stereocenters. The van der Waals surface area contributed by atoms with Crippen LogP contribution in [0.1, 0.15) is 46.7 Å². The molecule has 0 saturated carbocycles. The van der Waals surface area contributed by atoms with Crippen molar-refractivity contribution >= 4 is 17.2 Å². The van der Waals surface area contributed by atoms with Crippen molar-refractivity contribution in [3.05, 3.63) is 70.2 Å². The lowest BCUT2D eigenvalue weighted by Crippen LogP contribution is -2.42. The number of benzene rings is 1. The summed E-state index contributed by atoms with van der Waals surface area (Å²) in [4.78, 5) is 16.4. The zero-order valence-corrected chi connectivity index (χ0v) is 17.5. The molecule has 2 aromatic heterocycles. The Hall–Kier alpha value is -2.51. The van der Waals surface area contributed by atoms with Crippen LogP contribution in [0.2, 0.25) is 0 Å². The predicted molar refractivity (Wildman–Crippen MR) is 115 cm³/mol. The second-order valence-corrected chi connectivity index (χ2v) is 8.77. The molecule has 0 radical (unpaired) electrons. The van der Waals surface area contributed by atoms with Gasteiger partial charge in [0.15, 0.2) is 5.69 Å². The van der Waals surface area contributed by atoms with Gasteiger partial charge in [-0.3, -0.25) is 9.69 Å². The first-order valence-corrected chi connectivity index (χ1v) is 11.1. The molecule has 1 aliphatic heterocycles. The van der Waals surface area contributed by atoms with E-state index in [0.717, 1.165) is 19.0 Å². The molecule has 1 fully saturated rings. The van der Waals surface area contributed by atoms with E-state index >= 15 is 0 Å². The summed E-state index contributed by atoms with van der Waals surface area (Å²) in [7, 11) is 0. The number of nitrogens with one attached hydrogen (secondary N) is 1. The van der Waals surface area contributed by atoms with E-state index in [-0.39, 0.29) is 11.9 Å². The van der Waals surface area contributed by atoms with Crippen molar-refractivity contribution in [3.63, 3.8) is 0 Å². The van der Waals surface area contributed by atoms with E-state index in [9.17, 15) is 4.79 Å². The molecular formula is C22H27N5OS. The zero-order valence-electron chi connectivity index (χ0n) is 16.7. The summed E-state index contributed by atoms with van der Waals surface area (Å²) < 4.78 is 1.71. The second kappa shape index (κ2) is 9.33. The van der Waals surface area contributed by atoms with Gasteiger partial charge in [0.1, 0.15) is 0 Å². The van der Waals surface area contributed by atoms with E-state index in [1.807, 2.05) is 17.5 Å². The van der Waals surface area contributed by atoms with Gasteiger partial charge in [0.25, 0.3) is 5.91 Å². The molecule has 0 spiro atoms. The molecule has 152 valence electrons. The van der Waals surface area contributed by atoms with Gasteiger partial charge in [-0.2, -0.15) is 0 Å². The average Bonchev–Trinajstić information content (AvgIpc) is 3.43. The summed E-state index contributed by atoms with van der Waals surface area (Å²) in [5.74, 6) is 0.601. The molecule has 1 amide bonds. The molecule has 1 atom stereocenters. The van der Waals surface area contributed by atoms with Crippen LogP contribution in [0.4, 0.5) is 0 Å². The topological polar surface area (TPSA) is 63.1 Å². The van der Waals surface area contributed by atoms with E-state index in [0.29, 0.717) is 18.8 Å². The fourth-order valence-corrected chi connectivity index (χ4v) is 4.49. The first-order valence-electron chi connectivity index (χ1n) is 10.2. The van der Waals surface area contributed by atoms with E-state index in [2.05, 4.69) is 57.8 Å². The van der Waals surface area contributed by atoms with Crippen molar-refractivity contribution in [1.29, 1.82) is 0 Å². The fraction of sp³-hybridized carbons (Fsp3) is 0.409. The van der Waals surface area contributed by atoms with E-state index < -0.39 is 0 Å². The predicted octanol–water partition coefficient (Wildman–Crippen LogP) is 3.59. The van der Waals surface area contributed by atoms with E-state index in [1.165, 1.54) is 23.3 Å². The first kappa shape index (κ1) is 19.8. The number of aromatic nitrogens is 3. The third-order valence-corrected chi connectivity index (χ3v) is 6.43. The summed E-state index contributed by atoms with van der Waals surface area (Å²) in [5, 5.41) is 13.3. The number of hydrogen-bond donors (Lipinski definition) is 1. The van der Waals surface area contributed by atoms with Crippen molar-refractivity contribution in [2.45, 2.75) is 32.4 Å². The number of thiophene rings is 1. The lowest BCUT2D eigenvalue weighted by molar-refractivity contribution is 0.0908. The molecule has 4 rings (SSSR count). The van der Waals surface area contributed by atoms with E-state index in [1.54, 1.807) is 22.2 Å². The number of rotatable bonds is 7. The maximum absolute atomic E-state index is 12.7. The third kappa shape index (κ3) is 5.10. The molecule has 1 aliphatic rings. The number of carbonyl (C=O) groups excluding carboxylic acids is 1. The normalized spacial score (nSPS) is 16.6. The zero-order chi connectivity index (χ0) is 20.1. The third-order valence-electron chi connectivity index (χ3n) is 5.57. The van der Waals surface area contributed by atoms with Gasteiger partial charge in [-0.15, -0.1) is 16.4 Å². The Morgan fingerprint density at radius 3 is 2.72 bits per heavy atom. The Balaban J connectivity index is 1.40. The Morgan fingerprint density at radius 1 is 1.21 bits per heavy atom. The van der Waals surface area contributed by atoms with Gasteiger partial charge in [0.2, 0.25) is 0 Å². The summed E-state index contributed by atoms with van der Waals surface area (Å²) >= 11 is 1.67. The molecule has 1 aromatic carbocycles. The molecule has 0 aliphatic carbocycles. The smallest absolute Gasteiger partial charge is 0.273 e. The van der Waals surface area contributed by atoms with Gasteiger partial charge < -0.3 is 5.32 Å². The molecular weight excluding hydrogens is 382 g/mol. The SMILES string of the molecule is CC1CCN(C(CNC(=O)c2cn(Cc3cccs3)nn2)c2ccccc2)CC1. The number of nitrogens with zero attached hydrogens (tertiary/aromatic N) is 4. The highest BCUT2D eigenvalue weighted by atomic mass is 32.1. The monoisotopic (exact) mass is 409 g/mol. The molecule has 29 heavy (non-hydrogen) atoms. The van der Waals surface area contributed by atoms with Crippen LogP contribution in [-0.4, -0.2) is 45.4 Å². The molecule has 3 heterocycles. The summed E-state index contributed by atoms with van der Waals surface area (Å²) in [6.07, 6.45) is 4.12. The maximum Gasteiger partial charge on any atom is 0.273 e. The summed E-state index contributed by atoms with van der Waals surface area (Å²) in [5.41, 5.74) is 1.60. The minimum Gasteiger partial charge on any atom is -0.349 e. The molecule has 1 N–H and O–H groups in total. The molecule has 1 saturated heterocycles. The number of hydrogen-bond acceptors (Lipinski definition) is 5. The lowest BCUT2D eigenvalue weighted by Gasteiger charge is -2.37. The van der Waals surface area contributed by atoms with Crippen molar-refractivity contribution in [3.8, 4) is 0 Å². The van der Waals surface area contributed by atoms with Gasteiger partial charge >= 0.3 is 0 Å². The van der Waals surface area contributed by atoms with Crippen LogP contribution >= 0.6 is 11.3 Å². The van der Waals surface area contributed by atoms with Crippen molar-refractivity contribution in [1.82, 2.24) is 25.2 Å². The highest BCUT2D eigenvalue weighted by molar-refractivity contribution is 7.09. The minimum atomic E-state index is -0.172. The number of carbonyl (C=O) groups is 1. The van der Waals surface area contributed by atoms with Gasteiger partial charge in [-0.25, -0.2) is 4.68 Å². The highest BCUT2D eigenvalue weighted by Crippen LogP contribution is 2.26. The minimum absolute atomic E-state index is 0.172. The van der Waals surface area contributed by atoms with Crippen molar-refractivity contribution in [2.75, 3.05) is 19.6 Å². The molecule has 0 bridgehead atoms. The number of likely N-dealkylation sites (tertiary alicyclic amines) is 1. The van der Waals surface area contributed by atoms with Gasteiger partial charge in [0.05, 0.1) is 18.8 Å². The fourth-order valence-electron chi connectivity index (χ4n) is 3.80. The quantitative estimate of drug-likeness (QED) is 0.648. The van der Waals surface area contributed by atoms with Crippen molar-refractivity contribution < 1.29 is 4.79 Å². The second-order valence-electron chi connectivity index (χ2n) is 7.74. The maximum atomic E-state index is 12.7. The van der Waals surface area contributed by atoms with Crippen LogP contribution in [0.15, 0.2) is 54.0 Å². The average molecular weight is 410 g/mol. The highest BCUT2D eigenvalue weighted by Gasteiger charge is 2.25. The molecule has 7 heteroatoms. The Morgan fingerprint density at radius 2 is 2.00 bits per heavy atom. The van der Waals surface area contributed by atoms with Gasteiger partial charge in [-0.05, 0) is 48.9 Å². The van der Waals surface area contributed by atoms with E-state index in [4.69, 9.17) is 0 Å².